The quantitative estimate of drug-likeness (QED) is 0.815. The largest absolute Gasteiger partial charge is 0.326 e. The third kappa shape index (κ3) is 3.34. The standard InChI is InChI=1S/C21H24N4O2/c1-15(27)23-16-5-4-6-17(13-16)25-20-8-3-2-7-18(20)19(14-26)21(25)24-11-9-22-10-12-24/h2-8,13-14,19,21-22H,9-12H2,1H3,(H,23,27). The SMILES string of the molecule is CC(=O)Nc1cccc(N2c3ccccc3C(C=O)C2N2CCNCC2)c1. The van der Waals surface area contributed by atoms with Crippen molar-refractivity contribution < 1.29 is 9.59 Å². The number of amides is 1. The smallest absolute Gasteiger partial charge is 0.221 e. The zero-order chi connectivity index (χ0) is 18.8. The molecule has 0 aliphatic carbocycles. The summed E-state index contributed by atoms with van der Waals surface area (Å²) in [5.41, 5.74) is 3.84. The van der Waals surface area contributed by atoms with Crippen molar-refractivity contribution in [2.45, 2.75) is 19.0 Å². The second-order valence-electron chi connectivity index (χ2n) is 7.02. The number of hydrogen-bond acceptors (Lipinski definition) is 5. The summed E-state index contributed by atoms with van der Waals surface area (Å²) in [5.74, 6) is -0.304. The van der Waals surface area contributed by atoms with Gasteiger partial charge in [0.15, 0.2) is 0 Å². The van der Waals surface area contributed by atoms with Gasteiger partial charge in [0.25, 0.3) is 0 Å². The number of fused-ring (bicyclic) bond motifs is 1. The Morgan fingerprint density at radius 2 is 1.93 bits per heavy atom. The predicted octanol–water partition coefficient (Wildman–Crippen LogP) is 2.31. The number of para-hydroxylation sites is 1. The minimum Gasteiger partial charge on any atom is -0.326 e. The maximum Gasteiger partial charge on any atom is 0.221 e. The van der Waals surface area contributed by atoms with Crippen molar-refractivity contribution >= 4 is 29.3 Å². The summed E-state index contributed by atoms with van der Waals surface area (Å²) in [4.78, 5) is 28.2. The molecule has 0 aromatic heterocycles. The molecular weight excluding hydrogens is 340 g/mol. The first-order valence-corrected chi connectivity index (χ1v) is 9.35. The van der Waals surface area contributed by atoms with Gasteiger partial charge in [-0.05, 0) is 29.8 Å². The van der Waals surface area contributed by atoms with Crippen LogP contribution in [0, 0.1) is 0 Å². The Bertz CT molecular complexity index is 848. The van der Waals surface area contributed by atoms with Gasteiger partial charge in [0.2, 0.25) is 5.91 Å². The molecule has 2 aliphatic heterocycles. The van der Waals surface area contributed by atoms with Crippen molar-refractivity contribution in [2.75, 3.05) is 36.4 Å². The second kappa shape index (κ2) is 7.50. The number of nitrogens with zero attached hydrogens (tertiary/aromatic N) is 2. The number of anilines is 3. The maximum atomic E-state index is 12.1. The number of piperazine rings is 1. The van der Waals surface area contributed by atoms with Crippen LogP contribution >= 0.6 is 0 Å². The summed E-state index contributed by atoms with van der Waals surface area (Å²) >= 11 is 0. The molecule has 0 bridgehead atoms. The molecule has 0 spiro atoms. The van der Waals surface area contributed by atoms with E-state index >= 15 is 0 Å². The number of rotatable bonds is 4. The highest BCUT2D eigenvalue weighted by atomic mass is 16.1. The predicted molar refractivity (Wildman–Crippen MR) is 106 cm³/mol. The van der Waals surface area contributed by atoms with E-state index in [1.807, 2.05) is 42.5 Å². The molecule has 4 rings (SSSR count). The summed E-state index contributed by atoms with van der Waals surface area (Å²) in [6.07, 6.45) is 1.01. The molecular formula is C21H24N4O2. The maximum absolute atomic E-state index is 12.1. The summed E-state index contributed by atoms with van der Waals surface area (Å²) < 4.78 is 0. The van der Waals surface area contributed by atoms with Gasteiger partial charge in [-0.25, -0.2) is 0 Å². The average molecular weight is 364 g/mol. The van der Waals surface area contributed by atoms with E-state index in [9.17, 15) is 9.59 Å². The molecule has 27 heavy (non-hydrogen) atoms. The Hall–Kier alpha value is -2.70. The fourth-order valence-corrected chi connectivity index (χ4v) is 4.16. The van der Waals surface area contributed by atoms with Crippen LogP contribution < -0.4 is 15.5 Å². The van der Waals surface area contributed by atoms with Crippen LogP contribution in [0.1, 0.15) is 18.4 Å². The lowest BCUT2D eigenvalue weighted by atomic mass is 9.99. The van der Waals surface area contributed by atoms with Gasteiger partial charge in [0.05, 0.1) is 5.92 Å². The minimum atomic E-state index is -0.205. The third-order valence-corrected chi connectivity index (χ3v) is 5.26. The number of hydrogen-bond donors (Lipinski definition) is 2. The van der Waals surface area contributed by atoms with Gasteiger partial charge in [-0.15, -0.1) is 0 Å². The molecule has 140 valence electrons. The summed E-state index contributed by atoms with van der Waals surface area (Å²) in [5, 5.41) is 6.23. The molecule has 2 heterocycles. The molecule has 0 radical (unpaired) electrons. The van der Waals surface area contributed by atoms with Gasteiger partial charge in [0.1, 0.15) is 12.5 Å². The van der Waals surface area contributed by atoms with Crippen LogP contribution in [0.15, 0.2) is 48.5 Å². The van der Waals surface area contributed by atoms with Crippen LogP contribution in [0.5, 0.6) is 0 Å². The summed E-state index contributed by atoms with van der Waals surface area (Å²) in [7, 11) is 0. The summed E-state index contributed by atoms with van der Waals surface area (Å²) in [6.45, 7) is 5.12. The Morgan fingerprint density at radius 1 is 1.15 bits per heavy atom. The fourth-order valence-electron chi connectivity index (χ4n) is 4.16. The minimum absolute atomic E-state index is 0.0606. The van der Waals surface area contributed by atoms with E-state index in [2.05, 4.69) is 26.5 Å². The second-order valence-corrected chi connectivity index (χ2v) is 7.02. The molecule has 6 heteroatoms. The molecule has 2 unspecified atom stereocenters. The fraction of sp³-hybridized carbons (Fsp3) is 0.333. The number of carbonyl (C=O) groups is 2. The number of benzene rings is 2. The van der Waals surface area contributed by atoms with Crippen LogP contribution in [0.4, 0.5) is 17.1 Å². The zero-order valence-corrected chi connectivity index (χ0v) is 15.4. The molecule has 2 aliphatic rings. The van der Waals surface area contributed by atoms with Crippen molar-refractivity contribution in [3.8, 4) is 0 Å². The average Bonchev–Trinajstić information content (AvgIpc) is 3.02. The normalized spacial score (nSPS) is 22.3. The van der Waals surface area contributed by atoms with Gasteiger partial charge in [-0.1, -0.05) is 24.3 Å². The van der Waals surface area contributed by atoms with Gasteiger partial charge < -0.3 is 20.3 Å². The molecule has 1 amide bonds. The van der Waals surface area contributed by atoms with Gasteiger partial charge in [-0.3, -0.25) is 9.69 Å². The zero-order valence-electron chi connectivity index (χ0n) is 15.4. The molecule has 2 N–H and O–H groups in total. The highest BCUT2D eigenvalue weighted by molar-refractivity contribution is 5.90. The summed E-state index contributed by atoms with van der Waals surface area (Å²) in [6, 6.07) is 15.9. The van der Waals surface area contributed by atoms with Crippen LogP contribution in [0.3, 0.4) is 0 Å². The molecule has 2 aromatic carbocycles. The first-order chi connectivity index (χ1) is 13.2. The van der Waals surface area contributed by atoms with E-state index in [0.29, 0.717) is 0 Å². The van der Waals surface area contributed by atoms with Crippen molar-refractivity contribution in [3.63, 3.8) is 0 Å². The number of nitrogens with one attached hydrogen (secondary N) is 2. The molecule has 1 saturated heterocycles. The van der Waals surface area contributed by atoms with E-state index < -0.39 is 0 Å². The van der Waals surface area contributed by atoms with E-state index in [1.54, 1.807) is 0 Å². The highest BCUT2D eigenvalue weighted by Crippen LogP contribution is 2.46. The Morgan fingerprint density at radius 3 is 2.67 bits per heavy atom. The molecule has 2 atom stereocenters. The first kappa shape index (κ1) is 17.7. The van der Waals surface area contributed by atoms with Crippen molar-refractivity contribution in [2.24, 2.45) is 0 Å². The van der Waals surface area contributed by atoms with Crippen LogP contribution in [0.2, 0.25) is 0 Å². The lowest BCUT2D eigenvalue weighted by molar-refractivity contribution is -0.114. The van der Waals surface area contributed by atoms with Crippen molar-refractivity contribution in [3.05, 3.63) is 54.1 Å². The first-order valence-electron chi connectivity index (χ1n) is 9.35. The van der Waals surface area contributed by atoms with E-state index in [0.717, 1.165) is 55.1 Å². The van der Waals surface area contributed by atoms with E-state index in [1.165, 1.54) is 6.92 Å². The van der Waals surface area contributed by atoms with Gasteiger partial charge >= 0.3 is 0 Å². The molecule has 0 saturated carbocycles. The Kier molecular flexibility index (Phi) is 4.92. The van der Waals surface area contributed by atoms with Crippen LogP contribution in [-0.4, -0.2) is 49.4 Å². The van der Waals surface area contributed by atoms with E-state index in [4.69, 9.17) is 0 Å². The van der Waals surface area contributed by atoms with Crippen molar-refractivity contribution in [1.82, 2.24) is 10.2 Å². The van der Waals surface area contributed by atoms with Crippen molar-refractivity contribution in [1.29, 1.82) is 0 Å². The molecule has 6 nitrogen and oxygen atoms in total. The third-order valence-electron chi connectivity index (χ3n) is 5.26. The lowest BCUT2D eigenvalue weighted by Gasteiger charge is -2.40. The number of carbonyl (C=O) groups excluding carboxylic acids is 2. The topological polar surface area (TPSA) is 64.7 Å². The Labute approximate surface area is 159 Å². The highest BCUT2D eigenvalue weighted by Gasteiger charge is 2.42. The van der Waals surface area contributed by atoms with Gasteiger partial charge in [-0.2, -0.15) is 0 Å². The van der Waals surface area contributed by atoms with Crippen LogP contribution in [-0.2, 0) is 9.59 Å². The monoisotopic (exact) mass is 364 g/mol. The molecule has 2 aromatic rings. The molecule has 1 fully saturated rings. The van der Waals surface area contributed by atoms with Gasteiger partial charge in [0, 0.05) is 50.2 Å². The number of aldehydes is 1. The lowest BCUT2D eigenvalue weighted by Crippen LogP contribution is -2.54. The van der Waals surface area contributed by atoms with Crippen LogP contribution in [0.25, 0.3) is 0 Å². The van der Waals surface area contributed by atoms with E-state index in [-0.39, 0.29) is 18.0 Å². The Balaban J connectivity index is 1.79.